The summed E-state index contributed by atoms with van der Waals surface area (Å²) in [7, 11) is 0. The molecule has 98 valence electrons. The Hall–Kier alpha value is -1.39. The summed E-state index contributed by atoms with van der Waals surface area (Å²) in [5.41, 5.74) is 4.73. The van der Waals surface area contributed by atoms with Crippen LogP contribution in [0.3, 0.4) is 0 Å². The van der Waals surface area contributed by atoms with E-state index in [1.807, 2.05) is 0 Å². The minimum atomic E-state index is 0.246. The number of nitrogens with one attached hydrogen (secondary N) is 2. The minimum absolute atomic E-state index is 0.246. The SMILES string of the molecule is Cc1cc2nc(CCNCCCO)[nH]c2cc1C. The summed E-state index contributed by atoms with van der Waals surface area (Å²) in [6.07, 6.45) is 1.69. The standard InChI is InChI=1S/C14H21N3O/c1-10-8-12-13(9-11(10)2)17-14(16-12)4-6-15-5-3-7-18/h8-9,15,18H,3-7H2,1-2H3,(H,16,17). The Bertz CT molecular complexity index is 480. The number of aliphatic hydroxyl groups excluding tert-OH is 1. The van der Waals surface area contributed by atoms with Crippen LogP contribution >= 0.6 is 0 Å². The third-order valence-corrected chi connectivity index (χ3v) is 3.20. The molecule has 4 heteroatoms. The van der Waals surface area contributed by atoms with E-state index in [0.29, 0.717) is 0 Å². The Labute approximate surface area is 107 Å². The number of imidazole rings is 1. The minimum Gasteiger partial charge on any atom is -0.396 e. The zero-order valence-electron chi connectivity index (χ0n) is 11.1. The van der Waals surface area contributed by atoms with Crippen LogP contribution in [0.1, 0.15) is 23.4 Å². The Morgan fingerprint density at radius 3 is 2.78 bits per heavy atom. The molecule has 2 rings (SSSR count). The molecule has 0 aliphatic heterocycles. The molecule has 0 aliphatic carbocycles. The van der Waals surface area contributed by atoms with Gasteiger partial charge >= 0.3 is 0 Å². The molecule has 0 amide bonds. The predicted molar refractivity (Wildman–Crippen MR) is 73.8 cm³/mol. The van der Waals surface area contributed by atoms with Crippen LogP contribution in [0, 0.1) is 13.8 Å². The van der Waals surface area contributed by atoms with Gasteiger partial charge in [0.1, 0.15) is 5.82 Å². The maximum absolute atomic E-state index is 8.67. The highest BCUT2D eigenvalue weighted by Crippen LogP contribution is 2.17. The zero-order valence-corrected chi connectivity index (χ0v) is 11.1. The monoisotopic (exact) mass is 247 g/mol. The van der Waals surface area contributed by atoms with E-state index in [4.69, 9.17) is 5.11 Å². The summed E-state index contributed by atoms with van der Waals surface area (Å²) in [6, 6.07) is 4.28. The molecule has 1 aromatic carbocycles. The van der Waals surface area contributed by atoms with Gasteiger partial charge in [0.05, 0.1) is 11.0 Å². The quantitative estimate of drug-likeness (QED) is 0.681. The summed E-state index contributed by atoms with van der Waals surface area (Å²) in [5.74, 6) is 1.02. The Morgan fingerprint density at radius 1 is 1.22 bits per heavy atom. The van der Waals surface area contributed by atoms with E-state index >= 15 is 0 Å². The van der Waals surface area contributed by atoms with E-state index < -0.39 is 0 Å². The molecule has 1 heterocycles. The summed E-state index contributed by atoms with van der Waals surface area (Å²) in [6.45, 7) is 6.22. The summed E-state index contributed by atoms with van der Waals surface area (Å²) < 4.78 is 0. The van der Waals surface area contributed by atoms with Gasteiger partial charge in [-0.25, -0.2) is 4.98 Å². The maximum atomic E-state index is 8.67. The molecule has 18 heavy (non-hydrogen) atoms. The lowest BCUT2D eigenvalue weighted by molar-refractivity contribution is 0.286. The number of rotatable bonds is 6. The first-order valence-electron chi connectivity index (χ1n) is 6.48. The third-order valence-electron chi connectivity index (χ3n) is 3.20. The predicted octanol–water partition coefficient (Wildman–Crippen LogP) is 1.69. The van der Waals surface area contributed by atoms with Gasteiger partial charge in [-0.05, 0) is 50.1 Å². The number of benzene rings is 1. The largest absolute Gasteiger partial charge is 0.396 e. The molecule has 0 spiro atoms. The number of H-pyrrole nitrogens is 1. The van der Waals surface area contributed by atoms with Crippen molar-refractivity contribution in [1.82, 2.24) is 15.3 Å². The van der Waals surface area contributed by atoms with Crippen LogP contribution in [0.2, 0.25) is 0 Å². The topological polar surface area (TPSA) is 60.9 Å². The molecule has 0 saturated carbocycles. The Balaban J connectivity index is 1.97. The molecule has 3 N–H and O–H groups in total. The van der Waals surface area contributed by atoms with Crippen LogP contribution in [0.15, 0.2) is 12.1 Å². The van der Waals surface area contributed by atoms with Crippen molar-refractivity contribution in [2.75, 3.05) is 19.7 Å². The summed E-state index contributed by atoms with van der Waals surface area (Å²) >= 11 is 0. The molecule has 0 atom stereocenters. The van der Waals surface area contributed by atoms with Crippen LogP contribution in [-0.2, 0) is 6.42 Å². The number of hydrogen-bond donors (Lipinski definition) is 3. The van der Waals surface area contributed by atoms with Crippen molar-refractivity contribution < 1.29 is 5.11 Å². The van der Waals surface area contributed by atoms with Crippen LogP contribution in [-0.4, -0.2) is 34.8 Å². The summed E-state index contributed by atoms with van der Waals surface area (Å²) in [4.78, 5) is 7.94. The molecule has 0 aliphatic rings. The number of nitrogens with zero attached hydrogens (tertiary/aromatic N) is 1. The number of aliphatic hydroxyl groups is 1. The van der Waals surface area contributed by atoms with E-state index in [9.17, 15) is 0 Å². The molecule has 4 nitrogen and oxygen atoms in total. The zero-order chi connectivity index (χ0) is 13.0. The van der Waals surface area contributed by atoms with E-state index in [1.165, 1.54) is 11.1 Å². The van der Waals surface area contributed by atoms with Crippen LogP contribution in [0.25, 0.3) is 11.0 Å². The maximum Gasteiger partial charge on any atom is 0.108 e. The van der Waals surface area contributed by atoms with Crippen molar-refractivity contribution in [3.63, 3.8) is 0 Å². The fourth-order valence-corrected chi connectivity index (χ4v) is 1.98. The Kier molecular flexibility index (Phi) is 4.33. The lowest BCUT2D eigenvalue weighted by atomic mass is 10.1. The number of aromatic nitrogens is 2. The second-order valence-corrected chi connectivity index (χ2v) is 4.71. The molecule has 0 saturated heterocycles. The molecule has 2 aromatic rings. The van der Waals surface area contributed by atoms with Gasteiger partial charge in [0.2, 0.25) is 0 Å². The highest BCUT2D eigenvalue weighted by molar-refractivity contribution is 5.77. The number of aryl methyl sites for hydroxylation is 2. The number of aromatic amines is 1. The number of fused-ring (bicyclic) bond motifs is 1. The van der Waals surface area contributed by atoms with E-state index in [2.05, 4.69) is 41.3 Å². The van der Waals surface area contributed by atoms with Crippen molar-refractivity contribution >= 4 is 11.0 Å². The van der Waals surface area contributed by atoms with E-state index in [1.54, 1.807) is 0 Å². The van der Waals surface area contributed by atoms with Gasteiger partial charge in [0.15, 0.2) is 0 Å². The average molecular weight is 247 g/mol. The highest BCUT2D eigenvalue weighted by atomic mass is 16.3. The first-order chi connectivity index (χ1) is 8.70. The Morgan fingerprint density at radius 2 is 2.00 bits per heavy atom. The van der Waals surface area contributed by atoms with Gasteiger partial charge in [-0.3, -0.25) is 0 Å². The van der Waals surface area contributed by atoms with Crippen molar-refractivity contribution in [1.29, 1.82) is 0 Å². The average Bonchev–Trinajstić information content (AvgIpc) is 2.71. The van der Waals surface area contributed by atoms with E-state index in [0.717, 1.165) is 42.8 Å². The van der Waals surface area contributed by atoms with Crippen molar-refractivity contribution in [2.45, 2.75) is 26.7 Å². The van der Waals surface area contributed by atoms with Crippen molar-refractivity contribution in [2.24, 2.45) is 0 Å². The molecule has 0 unspecified atom stereocenters. The van der Waals surface area contributed by atoms with Gasteiger partial charge in [-0.2, -0.15) is 0 Å². The normalized spacial score (nSPS) is 11.3. The van der Waals surface area contributed by atoms with Crippen molar-refractivity contribution in [3.05, 3.63) is 29.1 Å². The van der Waals surface area contributed by atoms with E-state index in [-0.39, 0.29) is 6.61 Å². The van der Waals surface area contributed by atoms with Crippen LogP contribution < -0.4 is 5.32 Å². The first-order valence-corrected chi connectivity index (χ1v) is 6.48. The van der Waals surface area contributed by atoms with Gasteiger partial charge in [-0.15, -0.1) is 0 Å². The molecule has 0 fully saturated rings. The van der Waals surface area contributed by atoms with Gasteiger partial charge in [0, 0.05) is 19.6 Å². The smallest absolute Gasteiger partial charge is 0.108 e. The van der Waals surface area contributed by atoms with Crippen LogP contribution in [0.5, 0.6) is 0 Å². The first kappa shape index (κ1) is 13.1. The highest BCUT2D eigenvalue weighted by Gasteiger charge is 2.04. The number of hydrogen-bond acceptors (Lipinski definition) is 3. The molecule has 0 radical (unpaired) electrons. The molecule has 1 aromatic heterocycles. The van der Waals surface area contributed by atoms with Gasteiger partial charge < -0.3 is 15.4 Å². The second-order valence-electron chi connectivity index (χ2n) is 4.71. The fraction of sp³-hybridized carbons (Fsp3) is 0.500. The lowest BCUT2D eigenvalue weighted by Gasteiger charge is -2.00. The molecule has 0 bridgehead atoms. The second kappa shape index (κ2) is 5.98. The lowest BCUT2D eigenvalue weighted by Crippen LogP contribution is -2.19. The molecular weight excluding hydrogens is 226 g/mol. The van der Waals surface area contributed by atoms with Gasteiger partial charge in [-0.1, -0.05) is 0 Å². The third kappa shape index (κ3) is 3.09. The molecular formula is C14H21N3O. The van der Waals surface area contributed by atoms with Crippen molar-refractivity contribution in [3.8, 4) is 0 Å². The summed E-state index contributed by atoms with van der Waals surface area (Å²) in [5, 5.41) is 12.0. The van der Waals surface area contributed by atoms with Gasteiger partial charge in [0.25, 0.3) is 0 Å². The van der Waals surface area contributed by atoms with Crippen LogP contribution in [0.4, 0.5) is 0 Å². The fourth-order valence-electron chi connectivity index (χ4n) is 1.98.